The van der Waals surface area contributed by atoms with Gasteiger partial charge in [-0.1, -0.05) is 17.8 Å². The molecule has 0 spiro atoms. The summed E-state index contributed by atoms with van der Waals surface area (Å²) < 4.78 is 6.75. The van der Waals surface area contributed by atoms with Crippen molar-refractivity contribution in [2.45, 2.75) is 37.4 Å². The standard InChI is InChI=1S/C22H23N3O3S2/c1-3-12-25-21(27)19-16-6-4-5-7-17(16)30-20(19)24-22(25)29-13-18(26)23-14-8-10-15(28-2)11-9-14/h3,8-11H,1,4-7,12-13H2,2H3,(H,23,26). The van der Waals surface area contributed by atoms with Crippen LogP contribution in [0.5, 0.6) is 5.75 Å². The van der Waals surface area contributed by atoms with Crippen LogP contribution in [-0.4, -0.2) is 28.3 Å². The van der Waals surface area contributed by atoms with E-state index in [0.29, 0.717) is 17.4 Å². The van der Waals surface area contributed by atoms with Crippen molar-refractivity contribution >= 4 is 44.9 Å². The Labute approximate surface area is 183 Å². The predicted molar refractivity (Wildman–Crippen MR) is 123 cm³/mol. The van der Waals surface area contributed by atoms with E-state index in [2.05, 4.69) is 11.9 Å². The number of carbonyl (C=O) groups excluding carboxylic acids is 1. The summed E-state index contributed by atoms with van der Waals surface area (Å²) in [5.41, 5.74) is 1.84. The third kappa shape index (κ3) is 4.15. The number of carbonyl (C=O) groups is 1. The van der Waals surface area contributed by atoms with Gasteiger partial charge < -0.3 is 10.1 Å². The zero-order valence-corrected chi connectivity index (χ0v) is 18.4. The summed E-state index contributed by atoms with van der Waals surface area (Å²) >= 11 is 2.89. The molecular formula is C22H23N3O3S2. The number of aryl methyl sites for hydroxylation is 2. The fourth-order valence-corrected chi connectivity index (χ4v) is 5.73. The van der Waals surface area contributed by atoms with E-state index in [1.54, 1.807) is 53.4 Å². The van der Waals surface area contributed by atoms with Crippen molar-refractivity contribution < 1.29 is 9.53 Å². The Morgan fingerprint density at radius 3 is 2.83 bits per heavy atom. The zero-order chi connectivity index (χ0) is 21.1. The first-order chi connectivity index (χ1) is 14.6. The molecule has 3 aromatic rings. The van der Waals surface area contributed by atoms with E-state index >= 15 is 0 Å². The Hall–Kier alpha value is -2.58. The summed E-state index contributed by atoms with van der Waals surface area (Å²) in [6.45, 7) is 4.14. The highest BCUT2D eigenvalue weighted by molar-refractivity contribution is 7.99. The van der Waals surface area contributed by atoms with Crippen LogP contribution in [0.4, 0.5) is 5.69 Å². The zero-order valence-electron chi connectivity index (χ0n) is 16.8. The number of amides is 1. The normalized spacial score (nSPS) is 13.1. The van der Waals surface area contributed by atoms with Gasteiger partial charge >= 0.3 is 0 Å². The fourth-order valence-electron chi connectivity index (χ4n) is 3.62. The maximum Gasteiger partial charge on any atom is 0.263 e. The quantitative estimate of drug-likeness (QED) is 0.337. The van der Waals surface area contributed by atoms with E-state index in [4.69, 9.17) is 9.72 Å². The van der Waals surface area contributed by atoms with Crippen molar-refractivity contribution in [3.63, 3.8) is 0 Å². The molecule has 0 fully saturated rings. The first-order valence-electron chi connectivity index (χ1n) is 9.83. The Morgan fingerprint density at radius 2 is 2.10 bits per heavy atom. The summed E-state index contributed by atoms with van der Waals surface area (Å²) in [6.07, 6.45) is 5.92. The van der Waals surface area contributed by atoms with Gasteiger partial charge in [-0.05, 0) is 55.5 Å². The molecule has 1 aromatic carbocycles. The van der Waals surface area contributed by atoms with Gasteiger partial charge in [-0.3, -0.25) is 14.2 Å². The van der Waals surface area contributed by atoms with Gasteiger partial charge in [0.1, 0.15) is 10.6 Å². The van der Waals surface area contributed by atoms with Gasteiger partial charge in [0, 0.05) is 17.1 Å². The molecule has 2 aromatic heterocycles. The van der Waals surface area contributed by atoms with E-state index < -0.39 is 0 Å². The molecule has 156 valence electrons. The summed E-state index contributed by atoms with van der Waals surface area (Å²) in [4.78, 5) is 32.5. The second-order valence-corrected chi connectivity index (χ2v) is 9.08. The van der Waals surface area contributed by atoms with Crippen LogP contribution in [0, 0.1) is 0 Å². The lowest BCUT2D eigenvalue weighted by Gasteiger charge is -2.12. The molecule has 0 unspecified atom stereocenters. The number of aromatic nitrogens is 2. The lowest BCUT2D eigenvalue weighted by Crippen LogP contribution is -2.24. The molecule has 1 aliphatic rings. The lowest BCUT2D eigenvalue weighted by atomic mass is 9.97. The molecule has 8 heteroatoms. The molecule has 1 N–H and O–H groups in total. The Morgan fingerprint density at radius 1 is 1.33 bits per heavy atom. The highest BCUT2D eigenvalue weighted by Crippen LogP contribution is 2.34. The van der Waals surface area contributed by atoms with Gasteiger partial charge in [0.2, 0.25) is 5.91 Å². The number of rotatable bonds is 7. The number of allylic oxidation sites excluding steroid dienone is 1. The van der Waals surface area contributed by atoms with Gasteiger partial charge in [-0.25, -0.2) is 4.98 Å². The van der Waals surface area contributed by atoms with Crippen LogP contribution in [0.2, 0.25) is 0 Å². The second-order valence-electron chi connectivity index (χ2n) is 7.06. The molecule has 0 saturated carbocycles. The Kier molecular flexibility index (Phi) is 6.24. The van der Waals surface area contributed by atoms with Crippen molar-refractivity contribution in [1.82, 2.24) is 9.55 Å². The number of ether oxygens (including phenoxy) is 1. The van der Waals surface area contributed by atoms with Crippen LogP contribution in [0.1, 0.15) is 23.3 Å². The van der Waals surface area contributed by atoms with Gasteiger partial charge in [-0.2, -0.15) is 0 Å². The van der Waals surface area contributed by atoms with E-state index in [1.165, 1.54) is 22.2 Å². The Balaban J connectivity index is 1.56. The molecule has 1 aliphatic carbocycles. The number of benzene rings is 1. The summed E-state index contributed by atoms with van der Waals surface area (Å²) in [6, 6.07) is 7.15. The first-order valence-corrected chi connectivity index (χ1v) is 11.6. The number of anilines is 1. The van der Waals surface area contributed by atoms with E-state index in [1.807, 2.05) is 0 Å². The van der Waals surface area contributed by atoms with Crippen LogP contribution < -0.4 is 15.6 Å². The minimum Gasteiger partial charge on any atom is -0.497 e. The van der Waals surface area contributed by atoms with E-state index in [0.717, 1.165) is 41.6 Å². The van der Waals surface area contributed by atoms with Crippen molar-refractivity contribution in [3.8, 4) is 5.75 Å². The number of hydrogen-bond acceptors (Lipinski definition) is 6. The Bertz CT molecular complexity index is 1150. The number of methoxy groups -OCH3 is 1. The topological polar surface area (TPSA) is 73.2 Å². The third-order valence-corrected chi connectivity index (χ3v) is 7.22. The monoisotopic (exact) mass is 441 g/mol. The van der Waals surface area contributed by atoms with E-state index in [-0.39, 0.29) is 17.2 Å². The van der Waals surface area contributed by atoms with Crippen LogP contribution in [0.3, 0.4) is 0 Å². The highest BCUT2D eigenvalue weighted by atomic mass is 32.2. The molecule has 0 saturated heterocycles. The third-order valence-electron chi connectivity index (χ3n) is 5.06. The number of thiophene rings is 1. The van der Waals surface area contributed by atoms with Gasteiger partial charge in [0.15, 0.2) is 5.16 Å². The van der Waals surface area contributed by atoms with Gasteiger partial charge in [-0.15, -0.1) is 17.9 Å². The average molecular weight is 442 g/mol. The average Bonchev–Trinajstić information content (AvgIpc) is 3.13. The maximum atomic E-state index is 13.2. The molecule has 4 rings (SSSR count). The first kappa shape index (κ1) is 20.7. The molecule has 30 heavy (non-hydrogen) atoms. The molecule has 0 bridgehead atoms. The second kappa shape index (κ2) is 9.06. The summed E-state index contributed by atoms with van der Waals surface area (Å²) in [5, 5.41) is 4.16. The van der Waals surface area contributed by atoms with E-state index in [9.17, 15) is 9.59 Å². The number of nitrogens with zero attached hydrogens (tertiary/aromatic N) is 2. The minimum absolute atomic E-state index is 0.0302. The summed E-state index contributed by atoms with van der Waals surface area (Å²) in [7, 11) is 1.60. The maximum absolute atomic E-state index is 13.2. The lowest BCUT2D eigenvalue weighted by molar-refractivity contribution is -0.113. The van der Waals surface area contributed by atoms with Crippen molar-refractivity contribution in [1.29, 1.82) is 0 Å². The van der Waals surface area contributed by atoms with Crippen LogP contribution in [-0.2, 0) is 24.2 Å². The SMILES string of the molecule is C=CCn1c(SCC(=O)Nc2ccc(OC)cc2)nc2sc3c(c2c1=O)CCCC3. The molecule has 2 heterocycles. The van der Waals surface area contributed by atoms with Crippen LogP contribution in [0.25, 0.3) is 10.2 Å². The van der Waals surface area contributed by atoms with Crippen LogP contribution in [0.15, 0.2) is 46.9 Å². The summed E-state index contributed by atoms with van der Waals surface area (Å²) in [5.74, 6) is 0.730. The minimum atomic E-state index is -0.157. The molecular weight excluding hydrogens is 418 g/mol. The largest absolute Gasteiger partial charge is 0.497 e. The molecule has 1 amide bonds. The predicted octanol–water partition coefficient (Wildman–Crippen LogP) is 4.26. The van der Waals surface area contributed by atoms with Crippen LogP contribution >= 0.6 is 23.1 Å². The molecule has 0 atom stereocenters. The fraction of sp³-hybridized carbons (Fsp3) is 0.318. The molecule has 0 aliphatic heterocycles. The number of thioether (sulfide) groups is 1. The van der Waals surface area contributed by atoms with Crippen molar-refractivity contribution in [2.75, 3.05) is 18.2 Å². The smallest absolute Gasteiger partial charge is 0.263 e. The van der Waals surface area contributed by atoms with Crippen molar-refractivity contribution in [2.24, 2.45) is 0 Å². The number of fused-ring (bicyclic) bond motifs is 3. The molecule has 6 nitrogen and oxygen atoms in total. The molecule has 0 radical (unpaired) electrons. The van der Waals surface area contributed by atoms with Gasteiger partial charge in [0.05, 0.1) is 18.2 Å². The number of nitrogens with one attached hydrogen (secondary N) is 1. The van der Waals surface area contributed by atoms with Crippen molar-refractivity contribution in [3.05, 3.63) is 57.7 Å². The van der Waals surface area contributed by atoms with Gasteiger partial charge in [0.25, 0.3) is 5.56 Å². The number of hydrogen-bond donors (Lipinski definition) is 1. The highest BCUT2D eigenvalue weighted by Gasteiger charge is 2.22.